The van der Waals surface area contributed by atoms with Crippen molar-refractivity contribution in [1.82, 2.24) is 0 Å². The fourth-order valence-electron chi connectivity index (χ4n) is 2.56. The molecule has 0 amide bonds. The third kappa shape index (κ3) is 2.97. The molecule has 2 aromatic carbocycles. The molecule has 21 heavy (non-hydrogen) atoms. The van der Waals surface area contributed by atoms with E-state index in [2.05, 4.69) is 0 Å². The summed E-state index contributed by atoms with van der Waals surface area (Å²) in [6.07, 6.45) is 3.38. The molecule has 1 radical (unpaired) electrons. The van der Waals surface area contributed by atoms with E-state index in [0.29, 0.717) is 12.0 Å². The highest BCUT2D eigenvalue weighted by molar-refractivity contribution is 5.90. The van der Waals surface area contributed by atoms with Crippen molar-refractivity contribution >= 4 is 23.0 Å². The summed E-state index contributed by atoms with van der Waals surface area (Å²) in [5, 5.41) is 1.93. The van der Waals surface area contributed by atoms with Crippen molar-refractivity contribution in [2.75, 3.05) is 0 Å². The van der Waals surface area contributed by atoms with E-state index in [1.165, 1.54) is 0 Å². The summed E-state index contributed by atoms with van der Waals surface area (Å²) >= 11 is 0. The Kier molecular flexibility index (Phi) is 4.73. The summed E-state index contributed by atoms with van der Waals surface area (Å²) in [5.74, 6) is -0.389. The smallest absolute Gasteiger partial charge is 0.306 e. The molecule has 3 nitrogen and oxygen atoms in total. The van der Waals surface area contributed by atoms with Gasteiger partial charge in [0.05, 0.1) is 0 Å². The van der Waals surface area contributed by atoms with E-state index < -0.39 is 5.60 Å². The van der Waals surface area contributed by atoms with Gasteiger partial charge in [0.1, 0.15) is 0 Å². The topological polar surface area (TPSA) is 43.4 Å². The second kappa shape index (κ2) is 6.53. The molecule has 0 aliphatic rings. The van der Waals surface area contributed by atoms with E-state index in [1.54, 1.807) is 6.92 Å². The van der Waals surface area contributed by atoms with E-state index in [4.69, 9.17) is 4.74 Å². The lowest BCUT2D eigenvalue weighted by molar-refractivity contribution is -0.154. The second-order valence-electron chi connectivity index (χ2n) is 5.03. The maximum Gasteiger partial charge on any atom is 0.306 e. The average molecular weight is 283 g/mol. The Hall–Kier alpha value is -2.16. The average Bonchev–Trinajstić information content (AvgIpc) is 2.53. The third-order valence-corrected chi connectivity index (χ3v) is 3.57. The molecule has 2 rings (SSSR count). The van der Waals surface area contributed by atoms with Crippen LogP contribution in [0.4, 0.5) is 0 Å². The molecule has 0 aromatic heterocycles. The second-order valence-corrected chi connectivity index (χ2v) is 5.03. The van der Waals surface area contributed by atoms with Crippen LogP contribution in [0.25, 0.3) is 10.8 Å². The molecule has 2 aromatic rings. The summed E-state index contributed by atoms with van der Waals surface area (Å²) in [7, 11) is 0. The minimum absolute atomic E-state index is 0.234. The highest BCUT2D eigenvalue weighted by atomic mass is 16.6. The van der Waals surface area contributed by atoms with Gasteiger partial charge in [0.2, 0.25) is 5.60 Å². The molecular weight excluding hydrogens is 264 g/mol. The van der Waals surface area contributed by atoms with Crippen LogP contribution in [0.2, 0.25) is 0 Å². The van der Waals surface area contributed by atoms with Crippen LogP contribution < -0.4 is 0 Å². The Morgan fingerprint density at radius 1 is 1.14 bits per heavy atom. The first kappa shape index (κ1) is 15.2. The Morgan fingerprint density at radius 3 is 2.52 bits per heavy atom. The van der Waals surface area contributed by atoms with Gasteiger partial charge in [-0.3, -0.25) is 9.59 Å². The lowest BCUT2D eigenvalue weighted by Gasteiger charge is -2.28. The van der Waals surface area contributed by atoms with Crippen LogP contribution in [0.15, 0.2) is 42.5 Å². The summed E-state index contributed by atoms with van der Waals surface area (Å²) in [6, 6.07) is 13.5. The number of benzene rings is 2. The van der Waals surface area contributed by atoms with Gasteiger partial charge in [-0.15, -0.1) is 0 Å². The number of ether oxygens (including phenoxy) is 1. The van der Waals surface area contributed by atoms with Gasteiger partial charge in [0.25, 0.3) is 6.29 Å². The van der Waals surface area contributed by atoms with Crippen molar-refractivity contribution in [2.45, 2.75) is 38.7 Å². The minimum Gasteiger partial charge on any atom is -0.446 e. The number of carbonyl (C=O) groups is 1. The summed E-state index contributed by atoms with van der Waals surface area (Å²) < 4.78 is 5.51. The van der Waals surface area contributed by atoms with Crippen LogP contribution in [0.1, 0.15) is 38.7 Å². The lowest BCUT2D eigenvalue weighted by Crippen LogP contribution is -2.34. The Balaban J connectivity index is 2.62. The molecule has 0 bridgehead atoms. The first-order chi connectivity index (χ1) is 10.2. The van der Waals surface area contributed by atoms with Gasteiger partial charge in [0.15, 0.2) is 0 Å². The fourth-order valence-corrected chi connectivity index (χ4v) is 2.56. The first-order valence-corrected chi connectivity index (χ1v) is 7.26. The molecule has 3 heteroatoms. The monoisotopic (exact) mass is 283 g/mol. The maximum absolute atomic E-state index is 11.8. The maximum atomic E-state index is 11.8. The van der Waals surface area contributed by atoms with Crippen molar-refractivity contribution in [3.05, 3.63) is 48.0 Å². The predicted molar refractivity (Wildman–Crippen MR) is 82.6 cm³/mol. The van der Waals surface area contributed by atoms with Gasteiger partial charge in [0, 0.05) is 12.0 Å². The molecule has 0 saturated heterocycles. The van der Waals surface area contributed by atoms with Crippen LogP contribution in [0.3, 0.4) is 0 Å². The van der Waals surface area contributed by atoms with Crippen LogP contribution in [0.5, 0.6) is 0 Å². The first-order valence-electron chi connectivity index (χ1n) is 7.26. The van der Waals surface area contributed by atoms with Crippen molar-refractivity contribution in [1.29, 1.82) is 0 Å². The molecule has 0 heterocycles. The zero-order valence-electron chi connectivity index (χ0n) is 12.4. The van der Waals surface area contributed by atoms with Crippen LogP contribution in [-0.4, -0.2) is 12.3 Å². The fraction of sp³-hybridized carbons (Fsp3) is 0.333. The minimum atomic E-state index is -1.32. The van der Waals surface area contributed by atoms with E-state index >= 15 is 0 Å². The Morgan fingerprint density at radius 2 is 1.86 bits per heavy atom. The van der Waals surface area contributed by atoms with Crippen LogP contribution >= 0.6 is 0 Å². The molecular formula is C18H19O3. The van der Waals surface area contributed by atoms with Crippen molar-refractivity contribution < 1.29 is 14.3 Å². The number of fused-ring (bicyclic) bond motifs is 1. The molecule has 0 N–H and O–H groups in total. The summed E-state index contributed by atoms with van der Waals surface area (Å²) in [5.41, 5.74) is -0.609. The number of hydrogen-bond donors (Lipinski definition) is 0. The summed E-state index contributed by atoms with van der Waals surface area (Å²) in [4.78, 5) is 23.5. The van der Waals surface area contributed by atoms with Crippen LogP contribution in [-0.2, 0) is 19.9 Å². The third-order valence-electron chi connectivity index (χ3n) is 3.57. The standard InChI is InChI=1S/C18H19O3/c1-3-12-18(13-19,21-17(20)4-2)16-11-7-9-14-8-5-6-10-15(14)16/h5-11H,3-4,12H2,1-2H3. The number of esters is 1. The van der Waals surface area contributed by atoms with Gasteiger partial charge >= 0.3 is 5.97 Å². The predicted octanol–water partition coefficient (Wildman–Crippen LogP) is 3.90. The molecule has 1 atom stereocenters. The van der Waals surface area contributed by atoms with Gasteiger partial charge in [-0.2, -0.15) is 0 Å². The SMILES string of the molecule is CCCC([C]=O)(OC(=O)CC)c1cccc2ccccc12. The van der Waals surface area contributed by atoms with Crippen molar-refractivity contribution in [2.24, 2.45) is 0 Å². The zero-order chi connectivity index (χ0) is 15.3. The van der Waals surface area contributed by atoms with Gasteiger partial charge in [-0.1, -0.05) is 62.7 Å². The molecule has 109 valence electrons. The zero-order valence-corrected chi connectivity index (χ0v) is 12.4. The molecule has 0 aliphatic carbocycles. The van der Waals surface area contributed by atoms with Crippen LogP contribution in [0, 0.1) is 0 Å². The van der Waals surface area contributed by atoms with Gasteiger partial charge in [-0.05, 0) is 17.2 Å². The molecule has 0 fully saturated rings. The van der Waals surface area contributed by atoms with Gasteiger partial charge in [-0.25, -0.2) is 0 Å². The van der Waals surface area contributed by atoms with E-state index in [-0.39, 0.29) is 12.4 Å². The van der Waals surface area contributed by atoms with Crippen molar-refractivity contribution in [3.8, 4) is 0 Å². The molecule has 1 unspecified atom stereocenters. The largest absolute Gasteiger partial charge is 0.446 e. The molecule has 0 aliphatic heterocycles. The van der Waals surface area contributed by atoms with Gasteiger partial charge < -0.3 is 4.74 Å². The quantitative estimate of drug-likeness (QED) is 0.755. The van der Waals surface area contributed by atoms with E-state index in [9.17, 15) is 9.59 Å². The lowest BCUT2D eigenvalue weighted by atomic mass is 9.86. The molecule has 0 spiro atoms. The van der Waals surface area contributed by atoms with Crippen molar-refractivity contribution in [3.63, 3.8) is 0 Å². The Labute approximate surface area is 124 Å². The number of carbonyl (C=O) groups excluding carboxylic acids is 2. The molecule has 0 saturated carbocycles. The summed E-state index contributed by atoms with van der Waals surface area (Å²) in [6.45, 7) is 3.67. The Bertz CT molecular complexity index is 642. The van der Waals surface area contributed by atoms with E-state index in [0.717, 1.165) is 17.2 Å². The highest BCUT2D eigenvalue weighted by Crippen LogP contribution is 2.34. The number of rotatable bonds is 6. The number of hydrogen-bond acceptors (Lipinski definition) is 3. The highest BCUT2D eigenvalue weighted by Gasteiger charge is 2.37. The normalized spacial score (nSPS) is 13.6. The van der Waals surface area contributed by atoms with E-state index in [1.807, 2.05) is 55.7 Å².